The number of ether oxygens (including phenoxy) is 1. The van der Waals surface area contributed by atoms with Crippen LogP contribution < -0.4 is 10.6 Å². The van der Waals surface area contributed by atoms with Gasteiger partial charge in [-0.2, -0.15) is 0 Å². The van der Waals surface area contributed by atoms with E-state index in [4.69, 9.17) is 4.74 Å². The fraction of sp³-hybridized carbons (Fsp3) is 0.235. The van der Waals surface area contributed by atoms with Crippen LogP contribution in [0.2, 0.25) is 0 Å². The number of carbonyl (C=O) groups is 1. The molecule has 110 valence electrons. The van der Waals surface area contributed by atoms with E-state index in [0.717, 1.165) is 0 Å². The molecule has 0 aliphatic rings. The van der Waals surface area contributed by atoms with E-state index in [1.807, 2.05) is 60.7 Å². The highest BCUT2D eigenvalue weighted by Crippen LogP contribution is 2.48. The standard InChI is InChI=1S/C17H19O3P/c1-3-20-17(18)14(2)21(19,15-10-6-4-7-11-15)16-12-8-5-9-13-16/h4-14H,3H2,1-2H3/t14-/m1/s1. The molecule has 0 radical (unpaired) electrons. The molecule has 0 aliphatic carbocycles. The second kappa shape index (κ2) is 6.73. The molecule has 0 aliphatic heterocycles. The Morgan fingerprint density at radius 3 is 1.81 bits per heavy atom. The molecular weight excluding hydrogens is 283 g/mol. The van der Waals surface area contributed by atoms with E-state index in [9.17, 15) is 9.36 Å². The molecule has 0 amide bonds. The Morgan fingerprint density at radius 2 is 1.43 bits per heavy atom. The molecule has 2 rings (SSSR count). The van der Waals surface area contributed by atoms with Crippen molar-refractivity contribution in [2.75, 3.05) is 6.61 Å². The maximum Gasteiger partial charge on any atom is 0.316 e. The first-order valence-corrected chi connectivity index (χ1v) is 8.76. The Morgan fingerprint density at radius 1 is 1.00 bits per heavy atom. The highest BCUT2D eigenvalue weighted by molar-refractivity contribution is 7.80. The van der Waals surface area contributed by atoms with E-state index < -0.39 is 18.8 Å². The van der Waals surface area contributed by atoms with Crippen LogP contribution in [0.15, 0.2) is 60.7 Å². The summed E-state index contributed by atoms with van der Waals surface area (Å²) in [4.78, 5) is 12.1. The Hall–Kier alpha value is -1.86. The maximum atomic E-state index is 13.7. The number of hydrogen-bond donors (Lipinski definition) is 0. The Balaban J connectivity index is 2.55. The molecule has 0 saturated carbocycles. The normalized spacial score (nSPS) is 12.7. The second-order valence-electron chi connectivity index (χ2n) is 4.76. The van der Waals surface area contributed by atoms with Gasteiger partial charge in [0.2, 0.25) is 0 Å². The summed E-state index contributed by atoms with van der Waals surface area (Å²) in [7, 11) is -3.08. The van der Waals surface area contributed by atoms with Crippen molar-refractivity contribution in [3.05, 3.63) is 60.7 Å². The largest absolute Gasteiger partial charge is 0.465 e. The van der Waals surface area contributed by atoms with E-state index in [-0.39, 0.29) is 6.61 Å². The third kappa shape index (κ3) is 3.08. The van der Waals surface area contributed by atoms with E-state index in [2.05, 4.69) is 0 Å². The molecule has 0 aromatic heterocycles. The first kappa shape index (κ1) is 15.5. The highest BCUT2D eigenvalue weighted by atomic mass is 31.2. The third-order valence-corrected chi connectivity index (χ3v) is 6.88. The van der Waals surface area contributed by atoms with Crippen molar-refractivity contribution < 1.29 is 14.1 Å². The van der Waals surface area contributed by atoms with Crippen LogP contribution in [-0.2, 0) is 14.1 Å². The van der Waals surface area contributed by atoms with Crippen LogP contribution in [0.5, 0.6) is 0 Å². The SMILES string of the molecule is CCOC(=O)[C@@H](C)P(=O)(c1ccccc1)c1ccccc1. The van der Waals surface area contributed by atoms with Gasteiger partial charge in [-0.25, -0.2) is 0 Å². The average Bonchev–Trinajstić information content (AvgIpc) is 2.55. The van der Waals surface area contributed by atoms with Gasteiger partial charge >= 0.3 is 5.97 Å². The molecule has 0 fully saturated rings. The molecule has 2 aromatic rings. The zero-order chi connectivity index (χ0) is 15.3. The Labute approximate surface area is 125 Å². The quantitative estimate of drug-likeness (QED) is 0.630. The summed E-state index contributed by atoms with van der Waals surface area (Å²) < 4.78 is 18.8. The van der Waals surface area contributed by atoms with Crippen LogP contribution in [0, 0.1) is 0 Å². The van der Waals surface area contributed by atoms with Crippen LogP contribution in [0.4, 0.5) is 0 Å². The lowest BCUT2D eigenvalue weighted by atomic mass is 10.4. The van der Waals surface area contributed by atoms with Crippen LogP contribution in [0.25, 0.3) is 0 Å². The van der Waals surface area contributed by atoms with Crippen LogP contribution >= 0.6 is 7.14 Å². The van der Waals surface area contributed by atoms with Crippen molar-refractivity contribution in [1.29, 1.82) is 0 Å². The third-order valence-electron chi connectivity index (χ3n) is 3.45. The number of rotatable bonds is 5. The molecule has 3 nitrogen and oxygen atoms in total. The van der Waals surface area contributed by atoms with Gasteiger partial charge in [-0.15, -0.1) is 0 Å². The van der Waals surface area contributed by atoms with Gasteiger partial charge in [-0.05, 0) is 13.8 Å². The molecular formula is C17H19O3P. The molecule has 2 aromatic carbocycles. The van der Waals surface area contributed by atoms with Gasteiger partial charge in [0, 0.05) is 10.6 Å². The van der Waals surface area contributed by atoms with Gasteiger partial charge in [-0.1, -0.05) is 60.7 Å². The summed E-state index contributed by atoms with van der Waals surface area (Å²) in [6.45, 7) is 3.71. The summed E-state index contributed by atoms with van der Waals surface area (Å²) in [5.74, 6) is -0.423. The monoisotopic (exact) mass is 302 g/mol. The maximum absolute atomic E-state index is 13.7. The second-order valence-corrected chi connectivity index (χ2v) is 7.88. The molecule has 0 unspecified atom stereocenters. The lowest BCUT2D eigenvalue weighted by Crippen LogP contribution is -2.31. The van der Waals surface area contributed by atoms with E-state index in [0.29, 0.717) is 10.6 Å². The lowest BCUT2D eigenvalue weighted by molar-refractivity contribution is -0.142. The molecule has 0 heterocycles. The van der Waals surface area contributed by atoms with Crippen molar-refractivity contribution in [2.24, 2.45) is 0 Å². The number of hydrogen-bond acceptors (Lipinski definition) is 3. The molecule has 0 bridgehead atoms. The van der Waals surface area contributed by atoms with Gasteiger partial charge in [0.1, 0.15) is 5.66 Å². The Kier molecular flexibility index (Phi) is 4.98. The van der Waals surface area contributed by atoms with Crippen molar-refractivity contribution >= 4 is 23.7 Å². The van der Waals surface area contributed by atoms with Gasteiger partial charge in [0.15, 0.2) is 7.14 Å². The zero-order valence-electron chi connectivity index (χ0n) is 12.2. The summed E-state index contributed by atoms with van der Waals surface area (Å²) in [5, 5.41) is 1.36. The number of carbonyl (C=O) groups excluding carboxylic acids is 1. The minimum atomic E-state index is -3.08. The van der Waals surface area contributed by atoms with Crippen molar-refractivity contribution in [3.63, 3.8) is 0 Å². The summed E-state index contributed by atoms with van der Waals surface area (Å²) in [6.07, 6.45) is 0. The topological polar surface area (TPSA) is 43.4 Å². The van der Waals surface area contributed by atoms with Crippen molar-refractivity contribution in [1.82, 2.24) is 0 Å². The fourth-order valence-corrected chi connectivity index (χ4v) is 5.10. The Bertz CT molecular complexity index is 594. The summed E-state index contributed by atoms with van der Waals surface area (Å²) in [5.41, 5.74) is -0.706. The van der Waals surface area contributed by atoms with Gasteiger partial charge < -0.3 is 9.30 Å². The molecule has 4 heteroatoms. The number of benzene rings is 2. The van der Waals surface area contributed by atoms with Gasteiger partial charge in [-0.3, -0.25) is 4.79 Å². The average molecular weight is 302 g/mol. The number of esters is 1. The highest BCUT2D eigenvalue weighted by Gasteiger charge is 2.38. The van der Waals surface area contributed by atoms with Crippen molar-refractivity contribution in [2.45, 2.75) is 19.5 Å². The molecule has 0 N–H and O–H groups in total. The van der Waals surface area contributed by atoms with Gasteiger partial charge in [0.25, 0.3) is 0 Å². The predicted octanol–water partition coefficient (Wildman–Crippen LogP) is 2.95. The van der Waals surface area contributed by atoms with E-state index in [1.165, 1.54) is 0 Å². The molecule has 0 saturated heterocycles. The van der Waals surface area contributed by atoms with Crippen LogP contribution in [0.1, 0.15) is 13.8 Å². The van der Waals surface area contributed by atoms with E-state index >= 15 is 0 Å². The zero-order valence-corrected chi connectivity index (χ0v) is 13.1. The van der Waals surface area contributed by atoms with Crippen LogP contribution in [-0.4, -0.2) is 18.2 Å². The predicted molar refractivity (Wildman–Crippen MR) is 85.9 cm³/mol. The lowest BCUT2D eigenvalue weighted by Gasteiger charge is -2.24. The molecule has 0 spiro atoms. The van der Waals surface area contributed by atoms with Crippen molar-refractivity contribution in [3.8, 4) is 0 Å². The van der Waals surface area contributed by atoms with Crippen LogP contribution in [0.3, 0.4) is 0 Å². The van der Waals surface area contributed by atoms with E-state index in [1.54, 1.807) is 13.8 Å². The first-order chi connectivity index (χ1) is 10.1. The molecule has 1 atom stereocenters. The summed E-state index contributed by atoms with van der Waals surface area (Å²) in [6, 6.07) is 18.3. The first-order valence-electron chi connectivity index (χ1n) is 6.98. The fourth-order valence-electron chi connectivity index (χ4n) is 2.31. The minimum absolute atomic E-state index is 0.284. The van der Waals surface area contributed by atoms with Gasteiger partial charge in [0.05, 0.1) is 6.61 Å². The smallest absolute Gasteiger partial charge is 0.316 e. The minimum Gasteiger partial charge on any atom is -0.465 e. The molecule has 21 heavy (non-hydrogen) atoms. The summed E-state index contributed by atoms with van der Waals surface area (Å²) >= 11 is 0.